The molecule has 1 aliphatic heterocycles. The van der Waals surface area contributed by atoms with E-state index in [-0.39, 0.29) is 23.8 Å². The molecule has 7 nitrogen and oxygen atoms in total. The van der Waals surface area contributed by atoms with Crippen LogP contribution in [0.4, 0.5) is 10.5 Å². The molecular formula is C22H25N3O4. The normalized spacial score (nSPS) is 12.9. The molecule has 1 heterocycles. The summed E-state index contributed by atoms with van der Waals surface area (Å²) >= 11 is 0. The van der Waals surface area contributed by atoms with Gasteiger partial charge >= 0.3 is 6.03 Å². The van der Waals surface area contributed by atoms with Gasteiger partial charge in [0.1, 0.15) is 5.75 Å². The highest BCUT2D eigenvalue weighted by atomic mass is 16.5. The van der Waals surface area contributed by atoms with Gasteiger partial charge in [0.2, 0.25) is 0 Å². The molecule has 2 N–H and O–H groups in total. The maximum absolute atomic E-state index is 12.5. The Morgan fingerprint density at radius 3 is 2.52 bits per heavy atom. The second-order valence-electron chi connectivity index (χ2n) is 7.32. The molecule has 4 amide bonds. The SMILES string of the molecule is COc1ccccc1CCNC(=O)Nc1ccc2c(c1)C(=O)N(CC(C)C)C2=O. The second-order valence-corrected chi connectivity index (χ2v) is 7.32. The first kappa shape index (κ1) is 20.4. The summed E-state index contributed by atoms with van der Waals surface area (Å²) in [4.78, 5) is 38.4. The molecule has 3 rings (SSSR count). The molecule has 1 aliphatic rings. The molecular weight excluding hydrogens is 370 g/mol. The lowest BCUT2D eigenvalue weighted by Gasteiger charge is -2.15. The van der Waals surface area contributed by atoms with Gasteiger partial charge in [-0.2, -0.15) is 0 Å². The standard InChI is InChI=1S/C22H25N3O4/c1-14(2)13-25-20(26)17-9-8-16(12-18(17)21(25)27)24-22(28)23-11-10-15-6-4-5-7-19(15)29-3/h4-9,12,14H,10-11,13H2,1-3H3,(H2,23,24,28). The number of para-hydroxylation sites is 1. The van der Waals surface area contributed by atoms with Crippen molar-refractivity contribution in [3.8, 4) is 5.75 Å². The van der Waals surface area contributed by atoms with Crippen molar-refractivity contribution < 1.29 is 19.1 Å². The van der Waals surface area contributed by atoms with E-state index in [0.29, 0.717) is 36.3 Å². The van der Waals surface area contributed by atoms with Crippen molar-refractivity contribution in [2.24, 2.45) is 5.92 Å². The van der Waals surface area contributed by atoms with Crippen LogP contribution in [0.15, 0.2) is 42.5 Å². The van der Waals surface area contributed by atoms with Crippen molar-refractivity contribution in [1.82, 2.24) is 10.2 Å². The third-order valence-electron chi connectivity index (χ3n) is 4.65. The van der Waals surface area contributed by atoms with Crippen LogP contribution in [0.1, 0.15) is 40.1 Å². The number of rotatable bonds is 7. The summed E-state index contributed by atoms with van der Waals surface area (Å²) in [5, 5.41) is 5.50. The van der Waals surface area contributed by atoms with Crippen molar-refractivity contribution in [2.45, 2.75) is 20.3 Å². The van der Waals surface area contributed by atoms with Gasteiger partial charge in [-0.15, -0.1) is 0 Å². The van der Waals surface area contributed by atoms with E-state index in [1.54, 1.807) is 25.3 Å². The first-order chi connectivity index (χ1) is 13.9. The Hall–Kier alpha value is -3.35. The van der Waals surface area contributed by atoms with Crippen molar-refractivity contribution in [1.29, 1.82) is 0 Å². The number of hydrogen-bond donors (Lipinski definition) is 2. The second kappa shape index (κ2) is 8.77. The van der Waals surface area contributed by atoms with Crippen LogP contribution < -0.4 is 15.4 Å². The number of amides is 4. The van der Waals surface area contributed by atoms with Crippen LogP contribution in [-0.4, -0.2) is 42.9 Å². The first-order valence-corrected chi connectivity index (χ1v) is 9.57. The van der Waals surface area contributed by atoms with Crippen molar-refractivity contribution in [2.75, 3.05) is 25.5 Å². The summed E-state index contributed by atoms with van der Waals surface area (Å²) in [5.41, 5.74) is 2.16. The van der Waals surface area contributed by atoms with Crippen LogP contribution in [0, 0.1) is 5.92 Å². The molecule has 0 saturated heterocycles. The van der Waals surface area contributed by atoms with Crippen molar-refractivity contribution in [3.63, 3.8) is 0 Å². The van der Waals surface area contributed by atoms with Crippen LogP contribution in [0.2, 0.25) is 0 Å². The Balaban J connectivity index is 1.59. The number of urea groups is 1. The molecule has 7 heteroatoms. The molecule has 0 saturated carbocycles. The number of nitrogens with zero attached hydrogens (tertiary/aromatic N) is 1. The zero-order valence-electron chi connectivity index (χ0n) is 16.8. The molecule has 0 radical (unpaired) electrons. The molecule has 2 aromatic carbocycles. The number of carbonyl (C=O) groups is 3. The maximum atomic E-state index is 12.5. The largest absolute Gasteiger partial charge is 0.496 e. The number of hydrogen-bond acceptors (Lipinski definition) is 4. The summed E-state index contributed by atoms with van der Waals surface area (Å²) in [5.74, 6) is 0.358. The average Bonchev–Trinajstić information content (AvgIpc) is 2.92. The van der Waals surface area contributed by atoms with Crippen LogP contribution in [-0.2, 0) is 6.42 Å². The number of carbonyl (C=O) groups excluding carboxylic acids is 3. The number of nitrogens with one attached hydrogen (secondary N) is 2. The Labute approximate surface area is 170 Å². The summed E-state index contributed by atoms with van der Waals surface area (Å²) in [6.45, 7) is 4.70. The molecule has 0 atom stereocenters. The quantitative estimate of drug-likeness (QED) is 0.704. The monoisotopic (exact) mass is 395 g/mol. The molecule has 0 fully saturated rings. The highest BCUT2D eigenvalue weighted by Gasteiger charge is 2.35. The predicted molar refractivity (Wildman–Crippen MR) is 110 cm³/mol. The molecule has 2 aromatic rings. The van der Waals surface area contributed by atoms with Crippen molar-refractivity contribution in [3.05, 3.63) is 59.2 Å². The van der Waals surface area contributed by atoms with Gasteiger partial charge in [-0.25, -0.2) is 4.79 Å². The Bertz CT molecular complexity index is 939. The van der Waals surface area contributed by atoms with E-state index in [2.05, 4.69) is 10.6 Å². The summed E-state index contributed by atoms with van der Waals surface area (Å²) < 4.78 is 5.30. The maximum Gasteiger partial charge on any atom is 0.319 e. The molecule has 152 valence electrons. The van der Waals surface area contributed by atoms with Gasteiger partial charge in [0.25, 0.3) is 11.8 Å². The van der Waals surface area contributed by atoms with Gasteiger partial charge in [-0.1, -0.05) is 32.0 Å². The highest BCUT2D eigenvalue weighted by molar-refractivity contribution is 6.21. The van der Waals surface area contributed by atoms with Crippen LogP contribution in [0.25, 0.3) is 0 Å². The Morgan fingerprint density at radius 2 is 1.79 bits per heavy atom. The number of benzene rings is 2. The summed E-state index contributed by atoms with van der Waals surface area (Å²) in [7, 11) is 1.61. The van der Waals surface area contributed by atoms with Gasteiger partial charge in [0, 0.05) is 18.8 Å². The smallest absolute Gasteiger partial charge is 0.319 e. The summed E-state index contributed by atoms with van der Waals surface area (Å²) in [6.07, 6.45) is 0.624. The van der Waals surface area contributed by atoms with Crippen molar-refractivity contribution >= 4 is 23.5 Å². The van der Waals surface area contributed by atoms with E-state index in [9.17, 15) is 14.4 Å². The number of ether oxygens (including phenoxy) is 1. The number of anilines is 1. The van der Waals surface area contributed by atoms with Gasteiger partial charge < -0.3 is 15.4 Å². The lowest BCUT2D eigenvalue weighted by Crippen LogP contribution is -2.33. The molecule has 0 spiro atoms. The zero-order chi connectivity index (χ0) is 21.0. The Morgan fingerprint density at radius 1 is 1.07 bits per heavy atom. The number of methoxy groups -OCH3 is 1. The Kier molecular flexibility index (Phi) is 6.16. The zero-order valence-corrected chi connectivity index (χ0v) is 16.8. The van der Waals surface area contributed by atoms with E-state index in [1.807, 2.05) is 38.1 Å². The van der Waals surface area contributed by atoms with E-state index in [4.69, 9.17) is 4.74 Å². The highest BCUT2D eigenvalue weighted by Crippen LogP contribution is 2.26. The first-order valence-electron chi connectivity index (χ1n) is 9.57. The topological polar surface area (TPSA) is 87.7 Å². The summed E-state index contributed by atoms with van der Waals surface area (Å²) in [6, 6.07) is 12.0. The third kappa shape index (κ3) is 4.56. The van der Waals surface area contributed by atoms with Crippen LogP contribution >= 0.6 is 0 Å². The van der Waals surface area contributed by atoms with Gasteiger partial charge in [0.15, 0.2) is 0 Å². The minimum atomic E-state index is -0.379. The van der Waals surface area contributed by atoms with Gasteiger partial charge in [-0.3, -0.25) is 14.5 Å². The van der Waals surface area contributed by atoms with E-state index >= 15 is 0 Å². The number of imide groups is 1. The van der Waals surface area contributed by atoms with E-state index in [1.165, 1.54) is 4.90 Å². The molecule has 0 aliphatic carbocycles. The van der Waals surface area contributed by atoms with Gasteiger partial charge in [0.05, 0.1) is 18.2 Å². The van der Waals surface area contributed by atoms with Crippen LogP contribution in [0.3, 0.4) is 0 Å². The fourth-order valence-corrected chi connectivity index (χ4v) is 3.29. The van der Waals surface area contributed by atoms with Crippen LogP contribution in [0.5, 0.6) is 5.75 Å². The molecule has 0 bridgehead atoms. The lowest BCUT2D eigenvalue weighted by atomic mass is 10.1. The van der Waals surface area contributed by atoms with E-state index < -0.39 is 0 Å². The molecule has 0 aromatic heterocycles. The van der Waals surface area contributed by atoms with E-state index in [0.717, 1.165) is 11.3 Å². The minimum absolute atomic E-state index is 0.184. The molecule has 0 unspecified atom stereocenters. The predicted octanol–water partition coefficient (Wildman–Crippen LogP) is 3.31. The lowest BCUT2D eigenvalue weighted by molar-refractivity contribution is 0.0636. The molecule has 29 heavy (non-hydrogen) atoms. The minimum Gasteiger partial charge on any atom is -0.496 e. The third-order valence-corrected chi connectivity index (χ3v) is 4.65. The fraction of sp³-hybridized carbons (Fsp3) is 0.318. The van der Waals surface area contributed by atoms with Gasteiger partial charge in [-0.05, 0) is 42.2 Å². The number of fused-ring (bicyclic) bond motifs is 1. The fourth-order valence-electron chi connectivity index (χ4n) is 3.29. The average molecular weight is 395 g/mol.